The Hall–Kier alpha value is -3.21. The molecule has 3 unspecified atom stereocenters. The second kappa shape index (κ2) is 31.7. The first kappa shape index (κ1) is 55.9. The molecule has 5 N–H and O–H groups in total. The van der Waals surface area contributed by atoms with E-state index in [0.717, 1.165) is 70.6 Å². The number of carboxylic acid groups (broad SMARTS) is 1. The number of hydrogen-bond acceptors (Lipinski definition) is 9. The number of piperidine rings is 1. The number of nitrogens with zero attached hydrogens (tertiary/aromatic N) is 4. The van der Waals surface area contributed by atoms with Crippen LogP contribution in [0.25, 0.3) is 0 Å². The predicted octanol–water partition coefficient (Wildman–Crippen LogP) is 7.05. The van der Waals surface area contributed by atoms with Crippen molar-refractivity contribution in [1.29, 1.82) is 0 Å². The van der Waals surface area contributed by atoms with Crippen LogP contribution < -0.4 is 26.2 Å². The van der Waals surface area contributed by atoms with Gasteiger partial charge in [0.15, 0.2) is 0 Å². The van der Waals surface area contributed by atoms with Crippen molar-refractivity contribution in [2.24, 2.45) is 0 Å². The summed E-state index contributed by atoms with van der Waals surface area (Å²) in [5.74, 6) is -0.0365. The molecule has 3 amide bonds. The van der Waals surface area contributed by atoms with E-state index in [4.69, 9.17) is 9.90 Å². The number of halogens is 1. The topological polar surface area (TPSA) is 169 Å². The van der Waals surface area contributed by atoms with Gasteiger partial charge in [-0.3, -0.25) is 29.1 Å². The molecule has 4 saturated heterocycles. The average Bonchev–Trinajstić information content (AvgIpc) is 3.84. The average molecular weight is 913 g/mol. The Kier molecular flexibility index (Phi) is 31.1. The maximum atomic E-state index is 11.6. The molecule has 7 rings (SSSR count). The number of likely N-dealkylation sites (tertiary alicyclic amines) is 1. The Morgan fingerprint density at radius 2 is 1.21 bits per heavy atom. The van der Waals surface area contributed by atoms with E-state index < -0.39 is 5.97 Å². The number of anilines is 1. The van der Waals surface area contributed by atoms with Crippen LogP contribution in [0.15, 0.2) is 49.1 Å². The van der Waals surface area contributed by atoms with Crippen molar-refractivity contribution in [1.82, 2.24) is 36.1 Å². The van der Waals surface area contributed by atoms with Gasteiger partial charge >= 0.3 is 0 Å². The lowest BCUT2D eigenvalue weighted by atomic mass is 9.91. The van der Waals surface area contributed by atoms with Crippen LogP contribution in [0.2, 0.25) is 0 Å². The molecule has 0 spiro atoms. The van der Waals surface area contributed by atoms with E-state index in [1.807, 2.05) is 36.1 Å². The Morgan fingerprint density at radius 3 is 1.54 bits per heavy atom. The van der Waals surface area contributed by atoms with Crippen molar-refractivity contribution in [3.63, 3.8) is 0 Å². The van der Waals surface area contributed by atoms with Gasteiger partial charge in [0.25, 0.3) is 5.97 Å². The molecule has 0 bridgehead atoms. The molecule has 0 aromatic carbocycles. The minimum atomic E-state index is -0.833. The van der Waals surface area contributed by atoms with Crippen molar-refractivity contribution in [2.45, 2.75) is 163 Å². The zero-order valence-electron chi connectivity index (χ0n) is 33.2. The largest absolute Gasteiger partial charge is 0.481 e. The number of hydrogen-bond donors (Lipinski definition) is 5. The van der Waals surface area contributed by atoms with Crippen molar-refractivity contribution < 1.29 is 24.3 Å². The SMILES string of the molecule is C.C.C.CC(=O)O.CC1CCC(=O)N1.CC1CCC(=O)N1C1CCNCC1.CC1CCC(=O)N1c1ccncc1.CN[C@H]1CCCC[C@@H]1NC.Ic1ccncc1. The fourth-order valence-electron chi connectivity index (χ4n) is 7.15. The quantitative estimate of drug-likeness (QED) is 0.201. The highest BCUT2D eigenvalue weighted by molar-refractivity contribution is 14.1. The van der Waals surface area contributed by atoms with Crippen LogP contribution in [0, 0.1) is 3.57 Å². The molecule has 6 heterocycles. The van der Waals surface area contributed by atoms with Gasteiger partial charge in [0.1, 0.15) is 0 Å². The minimum Gasteiger partial charge on any atom is -0.481 e. The van der Waals surface area contributed by atoms with E-state index >= 15 is 0 Å². The molecule has 326 valence electrons. The van der Waals surface area contributed by atoms with E-state index in [-0.39, 0.29) is 34.1 Å². The van der Waals surface area contributed by atoms with Gasteiger partial charge in [-0.15, -0.1) is 0 Å². The molecule has 1 saturated carbocycles. The third-order valence-corrected chi connectivity index (χ3v) is 10.7. The van der Waals surface area contributed by atoms with Crippen LogP contribution in [0.5, 0.6) is 0 Å². The number of pyridine rings is 2. The first-order valence-corrected chi connectivity index (χ1v) is 20.6. The highest BCUT2D eigenvalue weighted by atomic mass is 127. The van der Waals surface area contributed by atoms with Gasteiger partial charge in [0.05, 0.1) is 0 Å². The van der Waals surface area contributed by atoms with Crippen molar-refractivity contribution >= 4 is 52.0 Å². The van der Waals surface area contributed by atoms with Crippen LogP contribution >= 0.6 is 22.6 Å². The Morgan fingerprint density at radius 1 is 0.737 bits per heavy atom. The fraction of sp³-hybridized carbons (Fsp3) is 0.674. The standard InChI is InChI=1S/C10H18N2O.C10H12N2O.C8H18N2.C5H4IN.C5H9NO.C2H4O2.3CH4/c2*1-8-2-3-10(13)12(8)9-4-6-11-7-5-9;1-9-7-5-3-4-6-8(7)10-2;6-5-1-3-7-4-2-5;1-4-2-3-5(7)6-4;1-2(3)4;;;/h8-9,11H,2-7H2,1H3;4-8H,2-3H2,1H3;7-10H,3-6H2,1-2H3;1-4H;4H,2-3H2,1H3,(H,6,7);1H3,(H,3,4);3*1H4/t;;7-,8-;;;;;;/m..0....../s1. The molecule has 13 nitrogen and oxygen atoms in total. The fourth-order valence-corrected chi connectivity index (χ4v) is 7.47. The monoisotopic (exact) mass is 913 g/mol. The van der Waals surface area contributed by atoms with Gasteiger partial charge in [-0.1, -0.05) is 35.1 Å². The van der Waals surface area contributed by atoms with Crippen molar-refractivity contribution in [3.8, 4) is 0 Å². The molecular formula is C43H77IN8O5. The van der Waals surface area contributed by atoms with Crippen molar-refractivity contribution in [3.05, 3.63) is 52.6 Å². The summed E-state index contributed by atoms with van der Waals surface area (Å²) >= 11 is 2.24. The number of carbonyl (C=O) groups is 4. The van der Waals surface area contributed by atoms with Crippen LogP contribution in [-0.2, 0) is 19.2 Å². The van der Waals surface area contributed by atoms with Gasteiger partial charge in [0.2, 0.25) is 17.7 Å². The Bertz CT molecular complexity index is 1350. The molecule has 2 aromatic heterocycles. The van der Waals surface area contributed by atoms with Gasteiger partial charge in [-0.05, 0) is 140 Å². The van der Waals surface area contributed by atoms with E-state index in [0.29, 0.717) is 48.6 Å². The summed E-state index contributed by atoms with van der Waals surface area (Å²) in [7, 11) is 4.11. The highest BCUT2D eigenvalue weighted by Crippen LogP contribution is 2.26. The van der Waals surface area contributed by atoms with Crippen LogP contribution in [-0.4, -0.2) is 107 Å². The summed E-state index contributed by atoms with van der Waals surface area (Å²) in [6, 6.07) is 10.8. The number of carbonyl (C=O) groups excluding carboxylic acids is 3. The number of carboxylic acids is 1. The summed E-state index contributed by atoms with van der Waals surface area (Å²) in [6.07, 6.45) is 19.9. The predicted molar refractivity (Wildman–Crippen MR) is 243 cm³/mol. The molecule has 57 heavy (non-hydrogen) atoms. The molecular weight excluding hydrogens is 835 g/mol. The van der Waals surface area contributed by atoms with Gasteiger partial charge in [-0.25, -0.2) is 0 Å². The number of aliphatic carboxylic acids is 1. The lowest BCUT2D eigenvalue weighted by Gasteiger charge is -2.34. The van der Waals surface area contributed by atoms with E-state index in [1.54, 1.807) is 24.8 Å². The number of rotatable bonds is 4. The summed E-state index contributed by atoms with van der Waals surface area (Å²) in [5, 5.41) is 20.2. The minimum absolute atomic E-state index is 0. The number of aromatic nitrogens is 2. The van der Waals surface area contributed by atoms with Gasteiger partial charge < -0.3 is 36.2 Å². The third kappa shape index (κ3) is 21.9. The van der Waals surface area contributed by atoms with Gasteiger partial charge in [0, 0.05) is 96.5 Å². The zero-order valence-corrected chi connectivity index (χ0v) is 35.4. The van der Waals surface area contributed by atoms with Crippen LogP contribution in [0.3, 0.4) is 0 Å². The molecule has 1 aliphatic carbocycles. The van der Waals surface area contributed by atoms with Gasteiger partial charge in [-0.2, -0.15) is 0 Å². The first-order valence-electron chi connectivity index (χ1n) is 19.5. The van der Waals surface area contributed by atoms with E-state index in [2.05, 4.69) is 86.7 Å². The molecule has 0 radical (unpaired) electrons. The van der Waals surface area contributed by atoms with Crippen LogP contribution in [0.4, 0.5) is 5.69 Å². The molecule has 5 aliphatic rings. The maximum absolute atomic E-state index is 11.6. The smallest absolute Gasteiger partial charge is 0.300 e. The second-order valence-electron chi connectivity index (χ2n) is 14.3. The number of nitrogens with one attached hydrogen (secondary N) is 4. The van der Waals surface area contributed by atoms with E-state index in [1.165, 1.54) is 29.3 Å². The lowest BCUT2D eigenvalue weighted by molar-refractivity contribution is -0.134. The second-order valence-corrected chi connectivity index (χ2v) is 15.5. The number of amides is 3. The maximum Gasteiger partial charge on any atom is 0.300 e. The summed E-state index contributed by atoms with van der Waals surface area (Å²) in [4.78, 5) is 54.2. The first-order chi connectivity index (χ1) is 25.9. The summed E-state index contributed by atoms with van der Waals surface area (Å²) in [5.41, 5.74) is 0.963. The van der Waals surface area contributed by atoms with Crippen molar-refractivity contribution in [2.75, 3.05) is 32.1 Å². The zero-order chi connectivity index (χ0) is 39.9. The third-order valence-electron chi connectivity index (χ3n) is 10.0. The lowest BCUT2D eigenvalue weighted by Crippen LogP contribution is -2.47. The Balaban J connectivity index is 0. The summed E-state index contributed by atoms with van der Waals surface area (Å²) < 4.78 is 1.23. The number of likely N-dealkylation sites (N-methyl/N-ethyl adjacent to an activating group) is 2. The molecule has 2 aromatic rings. The highest BCUT2D eigenvalue weighted by Gasteiger charge is 2.33. The Labute approximate surface area is 358 Å². The van der Waals surface area contributed by atoms with E-state index in [9.17, 15) is 14.4 Å². The normalized spacial score (nSPS) is 23.5. The van der Waals surface area contributed by atoms with Crippen LogP contribution in [0.1, 0.15) is 127 Å². The molecule has 5 atom stereocenters. The molecule has 5 fully saturated rings. The summed E-state index contributed by atoms with van der Waals surface area (Å²) in [6.45, 7) is 9.49. The molecule has 4 aliphatic heterocycles. The molecule has 14 heteroatoms.